The lowest BCUT2D eigenvalue weighted by molar-refractivity contribution is -0.113. The highest BCUT2D eigenvalue weighted by molar-refractivity contribution is 7.99. The van der Waals surface area contributed by atoms with Gasteiger partial charge >= 0.3 is 0 Å². The van der Waals surface area contributed by atoms with E-state index in [1.54, 1.807) is 7.11 Å². The molecule has 0 aliphatic rings. The molecule has 10 heteroatoms. The third kappa shape index (κ3) is 5.48. The number of carbonyl (C=O) groups excluding carboxylic acids is 1. The fourth-order valence-electron chi connectivity index (χ4n) is 2.35. The van der Waals surface area contributed by atoms with E-state index in [0.717, 1.165) is 22.7 Å². The number of nitrogens with one attached hydrogen (secondary N) is 2. The van der Waals surface area contributed by atoms with Crippen molar-refractivity contribution in [1.29, 1.82) is 0 Å². The van der Waals surface area contributed by atoms with Crippen molar-refractivity contribution >= 4 is 35.0 Å². The third-order valence-electron chi connectivity index (χ3n) is 3.87. The van der Waals surface area contributed by atoms with Gasteiger partial charge in [0.15, 0.2) is 0 Å². The zero-order valence-corrected chi connectivity index (χ0v) is 16.8. The fourth-order valence-corrected chi connectivity index (χ4v) is 3.00. The minimum Gasteiger partial charge on any atom is -0.497 e. The lowest BCUT2D eigenvalue weighted by Crippen LogP contribution is -2.17. The Hall–Kier alpha value is -3.53. The van der Waals surface area contributed by atoms with Crippen molar-refractivity contribution in [1.82, 2.24) is 14.9 Å². The van der Waals surface area contributed by atoms with Gasteiger partial charge in [-0.2, -0.15) is 5.10 Å². The fraction of sp³-hybridized carbons (Fsp3) is 0.158. The molecule has 0 fully saturated rings. The van der Waals surface area contributed by atoms with E-state index in [2.05, 4.69) is 26.0 Å². The molecule has 0 saturated heterocycles. The molecule has 1 amide bonds. The van der Waals surface area contributed by atoms with E-state index in [0.29, 0.717) is 5.16 Å². The summed E-state index contributed by atoms with van der Waals surface area (Å²) in [5.74, 6) is 6.99. The van der Waals surface area contributed by atoms with E-state index in [1.165, 1.54) is 16.4 Å². The molecule has 0 atom stereocenters. The van der Waals surface area contributed by atoms with Crippen LogP contribution in [0.5, 0.6) is 5.75 Å². The summed E-state index contributed by atoms with van der Waals surface area (Å²) in [5.41, 5.74) is 5.15. The molecular weight excluding hydrogens is 390 g/mol. The molecule has 29 heavy (non-hydrogen) atoms. The number of carbonyl (C=O) groups is 1. The second-order valence-electron chi connectivity index (χ2n) is 5.92. The Kier molecular flexibility index (Phi) is 6.69. The van der Waals surface area contributed by atoms with Crippen LogP contribution in [0.1, 0.15) is 12.5 Å². The summed E-state index contributed by atoms with van der Waals surface area (Å²) in [6.45, 7) is 1.85. The number of hydrazone groups is 1. The van der Waals surface area contributed by atoms with Crippen molar-refractivity contribution in [2.24, 2.45) is 5.10 Å². The van der Waals surface area contributed by atoms with Crippen LogP contribution in [-0.4, -0.2) is 39.4 Å². The minimum absolute atomic E-state index is 0.149. The van der Waals surface area contributed by atoms with Gasteiger partial charge in [0, 0.05) is 11.3 Å². The number of methoxy groups -OCH3 is 1. The molecule has 0 saturated carbocycles. The Bertz CT molecular complexity index is 1000. The summed E-state index contributed by atoms with van der Waals surface area (Å²) >= 11 is 1.18. The van der Waals surface area contributed by atoms with Gasteiger partial charge in [0.1, 0.15) is 5.75 Å². The van der Waals surface area contributed by atoms with Gasteiger partial charge in [-0.15, -0.1) is 10.2 Å². The number of nitrogens with two attached hydrogens (primary N) is 1. The van der Waals surface area contributed by atoms with Gasteiger partial charge in [0.05, 0.1) is 18.6 Å². The summed E-state index contributed by atoms with van der Waals surface area (Å²) in [7, 11) is 1.61. The SMILES string of the molecule is COc1cccc(/C(C)=N/Nc2nnc(SCC(=O)Nc3ccccc3)n2N)c1. The highest BCUT2D eigenvalue weighted by atomic mass is 32.2. The summed E-state index contributed by atoms with van der Waals surface area (Å²) in [6.07, 6.45) is 0. The van der Waals surface area contributed by atoms with E-state index in [1.807, 2.05) is 61.5 Å². The minimum atomic E-state index is -0.161. The Balaban J connectivity index is 1.58. The molecule has 0 aliphatic heterocycles. The largest absolute Gasteiger partial charge is 0.497 e. The van der Waals surface area contributed by atoms with Gasteiger partial charge < -0.3 is 15.9 Å². The highest BCUT2D eigenvalue weighted by Crippen LogP contribution is 2.18. The van der Waals surface area contributed by atoms with Crippen LogP contribution in [0.3, 0.4) is 0 Å². The number of ether oxygens (including phenoxy) is 1. The average Bonchev–Trinajstić information content (AvgIpc) is 3.10. The summed E-state index contributed by atoms with van der Waals surface area (Å²) in [5, 5.41) is 15.4. The average molecular weight is 411 g/mol. The number of anilines is 2. The molecule has 0 unspecified atom stereocenters. The van der Waals surface area contributed by atoms with Crippen molar-refractivity contribution in [2.75, 3.05) is 29.4 Å². The number of benzene rings is 2. The first kappa shape index (κ1) is 20.2. The van der Waals surface area contributed by atoms with Gasteiger partial charge in [0.25, 0.3) is 5.95 Å². The molecule has 3 aromatic rings. The molecule has 0 spiro atoms. The summed E-state index contributed by atoms with van der Waals surface area (Å²) in [4.78, 5) is 12.1. The van der Waals surface area contributed by atoms with Crippen LogP contribution in [0.2, 0.25) is 0 Å². The van der Waals surface area contributed by atoms with Crippen LogP contribution in [0, 0.1) is 0 Å². The quantitative estimate of drug-likeness (QED) is 0.225. The molecule has 4 N–H and O–H groups in total. The first-order chi connectivity index (χ1) is 14.1. The first-order valence-electron chi connectivity index (χ1n) is 8.69. The number of aromatic nitrogens is 3. The summed E-state index contributed by atoms with van der Waals surface area (Å²) < 4.78 is 6.47. The van der Waals surface area contributed by atoms with Crippen LogP contribution < -0.4 is 21.3 Å². The molecule has 9 nitrogen and oxygen atoms in total. The first-order valence-corrected chi connectivity index (χ1v) is 9.68. The molecule has 0 aliphatic carbocycles. The number of hydrogen-bond donors (Lipinski definition) is 3. The molecule has 1 heterocycles. The van der Waals surface area contributed by atoms with Crippen molar-refractivity contribution in [3.05, 3.63) is 60.2 Å². The smallest absolute Gasteiger partial charge is 0.264 e. The van der Waals surface area contributed by atoms with Gasteiger partial charge in [-0.25, -0.2) is 10.1 Å². The standard InChI is InChI=1S/C19H21N7O2S/c1-13(14-7-6-10-16(11-14)28-2)22-23-18-24-25-19(26(18)20)29-12-17(27)21-15-8-4-3-5-9-15/h3-11H,12,20H2,1-2H3,(H,21,27)(H,23,24)/b22-13+. The second kappa shape index (κ2) is 9.60. The zero-order chi connectivity index (χ0) is 20.6. The summed E-state index contributed by atoms with van der Waals surface area (Å²) in [6, 6.07) is 16.8. The number of nitrogen functional groups attached to an aromatic ring is 1. The molecule has 0 bridgehead atoms. The molecular formula is C19H21N7O2S. The van der Waals surface area contributed by atoms with Gasteiger partial charge in [-0.3, -0.25) is 4.79 Å². The van der Waals surface area contributed by atoms with Crippen LogP contribution in [-0.2, 0) is 4.79 Å². The van der Waals surface area contributed by atoms with E-state index in [4.69, 9.17) is 10.6 Å². The Morgan fingerprint density at radius 3 is 2.76 bits per heavy atom. The highest BCUT2D eigenvalue weighted by Gasteiger charge is 2.12. The number of hydrogen-bond acceptors (Lipinski definition) is 8. The van der Waals surface area contributed by atoms with Crippen molar-refractivity contribution in [2.45, 2.75) is 12.1 Å². The van der Waals surface area contributed by atoms with Crippen LogP contribution in [0.15, 0.2) is 64.9 Å². The molecule has 2 aromatic carbocycles. The second-order valence-corrected chi connectivity index (χ2v) is 6.86. The number of para-hydroxylation sites is 1. The van der Waals surface area contributed by atoms with Gasteiger partial charge in [0.2, 0.25) is 11.1 Å². The topological polar surface area (TPSA) is 119 Å². The van der Waals surface area contributed by atoms with Crippen molar-refractivity contribution in [3.8, 4) is 5.75 Å². The maximum atomic E-state index is 12.1. The normalized spacial score (nSPS) is 11.2. The van der Waals surface area contributed by atoms with E-state index in [9.17, 15) is 4.79 Å². The molecule has 150 valence electrons. The molecule has 0 radical (unpaired) electrons. The Labute approximate surface area is 172 Å². The van der Waals surface area contributed by atoms with Crippen LogP contribution in [0.25, 0.3) is 0 Å². The molecule has 3 rings (SSSR count). The lowest BCUT2D eigenvalue weighted by Gasteiger charge is -2.06. The molecule has 1 aromatic heterocycles. The third-order valence-corrected chi connectivity index (χ3v) is 4.81. The van der Waals surface area contributed by atoms with Gasteiger partial charge in [-0.05, 0) is 31.2 Å². The van der Waals surface area contributed by atoms with Crippen LogP contribution in [0.4, 0.5) is 11.6 Å². The van der Waals surface area contributed by atoms with Crippen molar-refractivity contribution in [3.63, 3.8) is 0 Å². The lowest BCUT2D eigenvalue weighted by atomic mass is 10.1. The number of amides is 1. The maximum Gasteiger partial charge on any atom is 0.264 e. The van der Waals surface area contributed by atoms with E-state index in [-0.39, 0.29) is 17.6 Å². The number of rotatable bonds is 8. The predicted molar refractivity (Wildman–Crippen MR) is 115 cm³/mol. The predicted octanol–water partition coefficient (Wildman–Crippen LogP) is 2.57. The van der Waals surface area contributed by atoms with E-state index < -0.39 is 0 Å². The van der Waals surface area contributed by atoms with Crippen LogP contribution >= 0.6 is 11.8 Å². The monoisotopic (exact) mass is 411 g/mol. The number of nitrogens with zero attached hydrogens (tertiary/aromatic N) is 4. The van der Waals surface area contributed by atoms with E-state index >= 15 is 0 Å². The Morgan fingerprint density at radius 1 is 1.21 bits per heavy atom. The number of thioether (sulfide) groups is 1. The van der Waals surface area contributed by atoms with Gasteiger partial charge in [-0.1, -0.05) is 42.1 Å². The zero-order valence-electron chi connectivity index (χ0n) is 16.0. The van der Waals surface area contributed by atoms with Crippen molar-refractivity contribution < 1.29 is 9.53 Å². The maximum absolute atomic E-state index is 12.1. The Morgan fingerprint density at radius 2 is 2.00 bits per heavy atom.